The fourth-order valence-electron chi connectivity index (χ4n) is 6.92. The summed E-state index contributed by atoms with van der Waals surface area (Å²) in [4.78, 5) is 45.5. The Morgan fingerprint density at radius 3 is 2.59 bits per heavy atom. The zero-order valence-electron chi connectivity index (χ0n) is 22.4. The second-order valence-corrected chi connectivity index (χ2v) is 12.1. The van der Waals surface area contributed by atoms with Gasteiger partial charge < -0.3 is 19.6 Å². The van der Waals surface area contributed by atoms with Crippen LogP contribution in [-0.2, 0) is 19.1 Å². The van der Waals surface area contributed by atoms with Gasteiger partial charge in [-0.3, -0.25) is 14.4 Å². The van der Waals surface area contributed by atoms with E-state index in [1.807, 2.05) is 32.0 Å². The van der Waals surface area contributed by atoms with E-state index in [4.69, 9.17) is 4.74 Å². The third-order valence-corrected chi connectivity index (χ3v) is 10.5. The van der Waals surface area contributed by atoms with Gasteiger partial charge in [-0.15, -0.1) is 18.3 Å². The Morgan fingerprint density at radius 1 is 1.27 bits per heavy atom. The number of aryl methyl sites for hydroxylation is 2. The lowest BCUT2D eigenvalue weighted by molar-refractivity contribution is -0.154. The van der Waals surface area contributed by atoms with Crippen molar-refractivity contribution < 1.29 is 24.2 Å². The van der Waals surface area contributed by atoms with E-state index in [9.17, 15) is 19.5 Å². The molecule has 0 radical (unpaired) electrons. The quantitative estimate of drug-likeness (QED) is 0.266. The number of hydrogen-bond donors (Lipinski definition) is 1. The van der Waals surface area contributed by atoms with Crippen molar-refractivity contribution in [3.05, 3.63) is 42.0 Å². The van der Waals surface area contributed by atoms with E-state index >= 15 is 0 Å². The minimum atomic E-state index is -0.678. The van der Waals surface area contributed by atoms with Gasteiger partial charge in [0.1, 0.15) is 6.04 Å². The Balaban J connectivity index is 1.80. The minimum absolute atomic E-state index is 0.0251. The maximum absolute atomic E-state index is 14.7. The van der Waals surface area contributed by atoms with Crippen LogP contribution in [0.3, 0.4) is 0 Å². The van der Waals surface area contributed by atoms with E-state index in [1.165, 1.54) is 0 Å². The average Bonchev–Trinajstić information content (AvgIpc) is 3.44. The predicted octanol–water partition coefficient (Wildman–Crippen LogP) is 3.89. The number of carbonyl (C=O) groups is 3. The summed E-state index contributed by atoms with van der Waals surface area (Å²) in [6.45, 7) is 12.9. The lowest BCUT2D eigenvalue weighted by Gasteiger charge is -2.41. The standard InChI is InChI=1S/C29H40N2O5S/c1-6-14-30(24-18(3)12-11-13-19(24)4)27(34)25-29-20(5)17-21(37-29)22(28(35)36-7-2)23(29)26(33)31(25)15-9-8-10-16-32/h6,11-13,20-23,25,32H,1,7-10,14-17H2,2-5H3/t20?,21-,22+,23+,25?,29?/m1/s1. The number of carbonyl (C=O) groups excluding carboxylic acids is 3. The van der Waals surface area contributed by atoms with Crippen LogP contribution in [0.2, 0.25) is 0 Å². The van der Waals surface area contributed by atoms with Gasteiger partial charge in [0.15, 0.2) is 0 Å². The number of unbranched alkanes of at least 4 members (excludes halogenated alkanes) is 2. The van der Waals surface area contributed by atoms with Gasteiger partial charge in [0.2, 0.25) is 5.91 Å². The van der Waals surface area contributed by atoms with Crippen LogP contribution >= 0.6 is 11.8 Å². The molecule has 3 unspecified atom stereocenters. The largest absolute Gasteiger partial charge is 0.466 e. The van der Waals surface area contributed by atoms with Crippen molar-refractivity contribution >= 4 is 35.2 Å². The number of aliphatic hydroxyl groups excluding tert-OH is 1. The highest BCUT2D eigenvalue weighted by molar-refractivity contribution is 8.02. The van der Waals surface area contributed by atoms with Crippen LogP contribution in [0.25, 0.3) is 0 Å². The van der Waals surface area contributed by atoms with Crippen molar-refractivity contribution in [3.63, 3.8) is 0 Å². The van der Waals surface area contributed by atoms with Gasteiger partial charge in [-0.1, -0.05) is 31.2 Å². The number of fused-ring (bicyclic) bond motifs is 1. The first kappa shape index (κ1) is 27.7. The molecule has 3 heterocycles. The van der Waals surface area contributed by atoms with Crippen molar-refractivity contribution in [2.45, 2.75) is 69.4 Å². The SMILES string of the molecule is C=CCN(C(=O)C1N(CCCCCO)C(=O)[C@@H]2[C@@H](C(=O)OCC)[C@H]3CC(C)C12S3)c1c(C)cccc1C. The Hall–Kier alpha value is -2.32. The van der Waals surface area contributed by atoms with Gasteiger partial charge in [-0.25, -0.2) is 0 Å². The molecule has 2 amide bonds. The summed E-state index contributed by atoms with van der Waals surface area (Å²) in [5.41, 5.74) is 2.83. The van der Waals surface area contributed by atoms with E-state index < -0.39 is 22.6 Å². The number of hydrogen-bond acceptors (Lipinski definition) is 6. The van der Waals surface area contributed by atoms with Crippen LogP contribution in [0.4, 0.5) is 5.69 Å². The van der Waals surface area contributed by atoms with Gasteiger partial charge in [-0.05, 0) is 63.5 Å². The molecule has 8 heteroatoms. The lowest BCUT2D eigenvalue weighted by Crippen LogP contribution is -2.57. The maximum Gasteiger partial charge on any atom is 0.310 e. The Morgan fingerprint density at radius 2 is 1.97 bits per heavy atom. The van der Waals surface area contributed by atoms with E-state index in [0.717, 1.165) is 29.7 Å². The number of ether oxygens (including phenoxy) is 1. The Bertz CT molecular complexity index is 1040. The van der Waals surface area contributed by atoms with Crippen LogP contribution in [0.1, 0.15) is 50.7 Å². The number of esters is 1. The third kappa shape index (κ3) is 4.50. The smallest absolute Gasteiger partial charge is 0.310 e. The van der Waals surface area contributed by atoms with Crippen molar-refractivity contribution in [3.8, 4) is 0 Å². The monoisotopic (exact) mass is 528 g/mol. The fourth-order valence-corrected chi connectivity index (χ4v) is 9.32. The van der Waals surface area contributed by atoms with Crippen molar-refractivity contribution in [1.82, 2.24) is 4.90 Å². The normalized spacial score (nSPS) is 29.9. The lowest BCUT2D eigenvalue weighted by atomic mass is 9.66. The summed E-state index contributed by atoms with van der Waals surface area (Å²) in [7, 11) is 0. The molecule has 1 aromatic rings. The summed E-state index contributed by atoms with van der Waals surface area (Å²) in [6, 6.07) is 5.29. The van der Waals surface area contributed by atoms with Crippen LogP contribution in [0.5, 0.6) is 0 Å². The molecular formula is C29H40N2O5S. The number of thioether (sulfide) groups is 1. The number of nitrogens with zero attached hydrogens (tertiary/aromatic N) is 2. The molecular weight excluding hydrogens is 488 g/mol. The molecule has 0 aliphatic carbocycles. The number of amides is 2. The first-order valence-corrected chi connectivity index (χ1v) is 14.4. The first-order chi connectivity index (χ1) is 17.7. The molecule has 3 fully saturated rings. The predicted molar refractivity (Wildman–Crippen MR) is 146 cm³/mol. The van der Waals surface area contributed by atoms with E-state index in [2.05, 4.69) is 13.5 Å². The summed E-state index contributed by atoms with van der Waals surface area (Å²) in [5, 5.41) is 9.23. The molecule has 1 N–H and O–H groups in total. The summed E-state index contributed by atoms with van der Waals surface area (Å²) >= 11 is 1.67. The van der Waals surface area contributed by atoms with Gasteiger partial charge in [0.05, 0.1) is 23.2 Å². The second-order valence-electron chi connectivity index (χ2n) is 10.6. The summed E-state index contributed by atoms with van der Waals surface area (Å²) < 4.78 is 4.76. The molecule has 1 aromatic carbocycles. The molecule has 37 heavy (non-hydrogen) atoms. The molecule has 202 valence electrons. The molecule has 7 nitrogen and oxygen atoms in total. The zero-order chi connectivity index (χ0) is 26.9. The van der Waals surface area contributed by atoms with Crippen LogP contribution in [0, 0.1) is 31.6 Å². The highest BCUT2D eigenvalue weighted by Crippen LogP contribution is 2.68. The molecule has 3 saturated heterocycles. The van der Waals surface area contributed by atoms with Crippen molar-refractivity contribution in [1.29, 1.82) is 0 Å². The number of aliphatic hydroxyl groups is 1. The maximum atomic E-state index is 14.7. The molecule has 0 saturated carbocycles. The second kappa shape index (κ2) is 11.2. The minimum Gasteiger partial charge on any atom is -0.466 e. The molecule has 0 aromatic heterocycles. The molecule has 3 aliphatic heterocycles. The van der Waals surface area contributed by atoms with Crippen LogP contribution in [-0.4, -0.2) is 70.1 Å². The molecule has 2 bridgehead atoms. The highest BCUT2D eigenvalue weighted by atomic mass is 32.2. The van der Waals surface area contributed by atoms with E-state index in [1.54, 1.807) is 34.6 Å². The summed E-state index contributed by atoms with van der Waals surface area (Å²) in [6.07, 6.45) is 4.62. The zero-order valence-corrected chi connectivity index (χ0v) is 23.3. The van der Waals surface area contributed by atoms with Gasteiger partial charge in [0, 0.05) is 30.6 Å². The molecule has 1 spiro atoms. The van der Waals surface area contributed by atoms with E-state index in [0.29, 0.717) is 25.9 Å². The van der Waals surface area contributed by atoms with Crippen LogP contribution < -0.4 is 4.90 Å². The summed E-state index contributed by atoms with van der Waals surface area (Å²) in [5.74, 6) is -1.54. The highest BCUT2D eigenvalue weighted by Gasteiger charge is 2.76. The van der Waals surface area contributed by atoms with E-state index in [-0.39, 0.29) is 42.2 Å². The Kier molecular flexibility index (Phi) is 8.38. The number of benzene rings is 1. The average molecular weight is 529 g/mol. The van der Waals surface area contributed by atoms with Gasteiger partial charge in [-0.2, -0.15) is 0 Å². The van der Waals surface area contributed by atoms with Gasteiger partial charge >= 0.3 is 5.97 Å². The number of likely N-dealkylation sites (tertiary alicyclic amines) is 1. The van der Waals surface area contributed by atoms with Gasteiger partial charge in [0.25, 0.3) is 5.91 Å². The molecule has 6 atom stereocenters. The third-order valence-electron chi connectivity index (χ3n) is 8.38. The van der Waals surface area contributed by atoms with Crippen molar-refractivity contribution in [2.24, 2.45) is 17.8 Å². The van der Waals surface area contributed by atoms with Crippen LogP contribution in [0.15, 0.2) is 30.9 Å². The molecule has 4 rings (SSSR count). The number of rotatable bonds is 11. The first-order valence-electron chi connectivity index (χ1n) is 13.5. The Labute approximate surface area is 224 Å². The fraction of sp³-hybridized carbons (Fsp3) is 0.621. The number of anilines is 1. The topological polar surface area (TPSA) is 87.2 Å². The van der Waals surface area contributed by atoms with Crippen molar-refractivity contribution in [2.75, 3.05) is 31.2 Å². The number of para-hydroxylation sites is 1. The molecule has 3 aliphatic rings.